The van der Waals surface area contributed by atoms with E-state index in [-0.39, 0.29) is 12.2 Å². The fraction of sp³-hybridized carbons (Fsp3) is 0.250. The molecule has 5 N–H and O–H groups in total. The number of carboxylic acid groups (broad SMARTS) is 1. The van der Waals surface area contributed by atoms with Crippen molar-refractivity contribution in [2.45, 2.75) is 18.8 Å². The SMILES string of the molecule is CCOC(C(N)=O)C1(Nc2nc3ccc(Cl)cc3s2)Nc2cc(C(=O)O)ccc2N1C. The van der Waals surface area contributed by atoms with E-state index >= 15 is 0 Å². The van der Waals surface area contributed by atoms with E-state index in [1.54, 1.807) is 43.1 Å². The summed E-state index contributed by atoms with van der Waals surface area (Å²) in [5.74, 6) is -3.08. The maximum absolute atomic E-state index is 12.4. The van der Waals surface area contributed by atoms with Crippen molar-refractivity contribution in [2.24, 2.45) is 5.73 Å². The van der Waals surface area contributed by atoms with Crippen molar-refractivity contribution in [3.63, 3.8) is 0 Å². The summed E-state index contributed by atoms with van der Waals surface area (Å²) in [6, 6.07) is 10.0. The van der Waals surface area contributed by atoms with Crippen molar-refractivity contribution >= 4 is 61.5 Å². The molecule has 4 rings (SSSR count). The van der Waals surface area contributed by atoms with E-state index in [4.69, 9.17) is 22.1 Å². The van der Waals surface area contributed by atoms with Crippen molar-refractivity contribution in [2.75, 3.05) is 29.2 Å². The zero-order valence-electron chi connectivity index (χ0n) is 16.7. The lowest BCUT2D eigenvalue weighted by Crippen LogP contribution is -2.67. The molecule has 1 aliphatic rings. The predicted octanol–water partition coefficient (Wildman–Crippen LogP) is 3.17. The predicted molar refractivity (Wildman–Crippen MR) is 121 cm³/mol. The summed E-state index contributed by atoms with van der Waals surface area (Å²) in [4.78, 5) is 30.2. The maximum Gasteiger partial charge on any atom is 0.335 e. The highest BCUT2D eigenvalue weighted by Gasteiger charge is 2.52. The summed E-state index contributed by atoms with van der Waals surface area (Å²) in [6.45, 7) is 1.99. The van der Waals surface area contributed by atoms with Crippen LogP contribution in [0, 0.1) is 0 Å². The minimum absolute atomic E-state index is 0.108. The van der Waals surface area contributed by atoms with E-state index < -0.39 is 23.8 Å². The van der Waals surface area contributed by atoms with Crippen LogP contribution in [0.2, 0.25) is 5.02 Å². The van der Waals surface area contributed by atoms with Gasteiger partial charge in [0.2, 0.25) is 5.79 Å². The summed E-state index contributed by atoms with van der Waals surface area (Å²) in [5, 5.41) is 17.0. The highest BCUT2D eigenvalue weighted by Crippen LogP contribution is 2.43. The third-order valence-electron chi connectivity index (χ3n) is 5.08. The highest BCUT2D eigenvalue weighted by molar-refractivity contribution is 7.22. The molecule has 1 aliphatic heterocycles. The van der Waals surface area contributed by atoms with Gasteiger partial charge in [0.1, 0.15) is 0 Å². The number of benzene rings is 2. The second-order valence-electron chi connectivity index (χ2n) is 6.98. The molecule has 2 unspecified atom stereocenters. The summed E-state index contributed by atoms with van der Waals surface area (Å²) in [6.07, 6.45) is -1.13. The van der Waals surface area contributed by atoms with Crippen molar-refractivity contribution in [1.29, 1.82) is 0 Å². The number of nitrogens with zero attached hydrogens (tertiary/aromatic N) is 2. The number of nitrogens with one attached hydrogen (secondary N) is 2. The first kappa shape index (κ1) is 21.2. The Morgan fingerprint density at radius 3 is 2.84 bits per heavy atom. The standard InChI is InChI=1S/C20H20ClN5O4S/c1-3-30-16(17(22)27)20(25-19-23-12-6-5-11(21)9-15(12)31-19)24-13-8-10(18(28)29)4-7-14(13)26(20)2/h4-9,16,24H,3H2,1-2H3,(H2,22,27)(H,23,25)(H,28,29). The topological polar surface area (TPSA) is 130 Å². The minimum atomic E-state index is -1.33. The molecule has 3 aromatic rings. The van der Waals surface area contributed by atoms with Crippen molar-refractivity contribution < 1.29 is 19.4 Å². The molecule has 2 heterocycles. The first-order valence-corrected chi connectivity index (χ1v) is 10.6. The molecule has 0 aliphatic carbocycles. The van der Waals surface area contributed by atoms with Gasteiger partial charge < -0.3 is 31.1 Å². The summed E-state index contributed by atoms with van der Waals surface area (Å²) in [7, 11) is 1.76. The molecule has 162 valence electrons. The number of aromatic carboxylic acids is 1. The molecule has 0 fully saturated rings. The van der Waals surface area contributed by atoms with Crippen LogP contribution in [0.4, 0.5) is 16.5 Å². The molecule has 2 atom stereocenters. The van der Waals surface area contributed by atoms with Crippen LogP contribution in [0.1, 0.15) is 17.3 Å². The van der Waals surface area contributed by atoms with Gasteiger partial charge in [-0.1, -0.05) is 22.9 Å². The minimum Gasteiger partial charge on any atom is -0.478 e. The molecular formula is C20H20ClN5O4S. The summed E-state index contributed by atoms with van der Waals surface area (Å²) < 4.78 is 6.60. The van der Waals surface area contributed by atoms with Crippen LogP contribution in [-0.4, -0.2) is 47.5 Å². The Labute approximate surface area is 186 Å². The van der Waals surface area contributed by atoms with E-state index in [1.165, 1.54) is 23.5 Å². The lowest BCUT2D eigenvalue weighted by Gasteiger charge is -2.42. The van der Waals surface area contributed by atoms with Gasteiger partial charge in [-0.05, 0) is 43.3 Å². The van der Waals surface area contributed by atoms with Crippen molar-refractivity contribution in [1.82, 2.24) is 4.98 Å². The van der Waals surface area contributed by atoms with Gasteiger partial charge >= 0.3 is 5.97 Å². The van der Waals surface area contributed by atoms with Gasteiger partial charge in [-0.2, -0.15) is 0 Å². The third-order valence-corrected chi connectivity index (χ3v) is 6.25. The fourth-order valence-electron chi connectivity index (χ4n) is 3.65. The fourth-order valence-corrected chi connectivity index (χ4v) is 4.85. The van der Waals surface area contributed by atoms with Gasteiger partial charge in [0.15, 0.2) is 11.2 Å². The van der Waals surface area contributed by atoms with Gasteiger partial charge in [0, 0.05) is 18.7 Å². The number of hydrogen-bond donors (Lipinski definition) is 4. The summed E-state index contributed by atoms with van der Waals surface area (Å²) >= 11 is 7.45. The van der Waals surface area contributed by atoms with Gasteiger partial charge in [-0.3, -0.25) is 4.79 Å². The first-order valence-electron chi connectivity index (χ1n) is 9.39. The van der Waals surface area contributed by atoms with E-state index in [9.17, 15) is 14.7 Å². The highest BCUT2D eigenvalue weighted by atomic mass is 35.5. The Kier molecular flexibility index (Phi) is 5.38. The van der Waals surface area contributed by atoms with Gasteiger partial charge in [0.05, 0.1) is 27.2 Å². The number of thiazole rings is 1. The Bertz CT molecular complexity index is 1190. The number of halogens is 1. The zero-order chi connectivity index (χ0) is 22.3. The van der Waals surface area contributed by atoms with Crippen LogP contribution < -0.4 is 21.3 Å². The number of carboxylic acids is 1. The maximum atomic E-state index is 12.4. The molecule has 31 heavy (non-hydrogen) atoms. The number of carbonyl (C=O) groups excluding carboxylic acids is 1. The van der Waals surface area contributed by atoms with Crippen LogP contribution in [0.25, 0.3) is 10.2 Å². The number of anilines is 3. The number of fused-ring (bicyclic) bond motifs is 2. The molecule has 0 bridgehead atoms. The molecular weight excluding hydrogens is 442 g/mol. The van der Waals surface area contributed by atoms with Crippen LogP contribution in [0.3, 0.4) is 0 Å². The molecule has 11 heteroatoms. The van der Waals surface area contributed by atoms with Crippen LogP contribution in [0.15, 0.2) is 36.4 Å². The smallest absolute Gasteiger partial charge is 0.335 e. The third kappa shape index (κ3) is 3.62. The number of primary amides is 1. The number of hydrogen-bond acceptors (Lipinski definition) is 8. The monoisotopic (exact) mass is 461 g/mol. The number of aromatic nitrogens is 1. The number of ether oxygens (including phenoxy) is 1. The van der Waals surface area contributed by atoms with Crippen molar-refractivity contribution in [3.8, 4) is 0 Å². The van der Waals surface area contributed by atoms with E-state index in [2.05, 4.69) is 15.6 Å². The second kappa shape index (κ2) is 7.88. The van der Waals surface area contributed by atoms with Crippen LogP contribution in [0.5, 0.6) is 0 Å². The van der Waals surface area contributed by atoms with E-state index in [0.29, 0.717) is 21.5 Å². The quantitative estimate of drug-likeness (QED) is 0.422. The normalized spacial score (nSPS) is 18.5. The van der Waals surface area contributed by atoms with E-state index in [1.807, 2.05) is 0 Å². The summed E-state index contributed by atoms with van der Waals surface area (Å²) in [5.41, 5.74) is 7.75. The Balaban J connectivity index is 1.81. The van der Waals surface area contributed by atoms with Crippen LogP contribution >= 0.6 is 22.9 Å². The number of nitrogens with two attached hydrogens (primary N) is 1. The van der Waals surface area contributed by atoms with Gasteiger partial charge in [0.25, 0.3) is 5.91 Å². The van der Waals surface area contributed by atoms with E-state index in [0.717, 1.165) is 10.2 Å². The Morgan fingerprint density at radius 2 is 2.16 bits per heavy atom. The molecule has 1 aromatic heterocycles. The molecule has 0 saturated carbocycles. The number of rotatable bonds is 7. The zero-order valence-corrected chi connectivity index (χ0v) is 18.3. The average molecular weight is 462 g/mol. The molecule has 1 amide bonds. The first-order chi connectivity index (χ1) is 14.7. The molecule has 0 spiro atoms. The van der Waals surface area contributed by atoms with Crippen molar-refractivity contribution in [3.05, 3.63) is 47.0 Å². The number of carbonyl (C=O) groups is 2. The molecule has 0 radical (unpaired) electrons. The molecule has 9 nitrogen and oxygen atoms in total. The molecule has 2 aromatic carbocycles. The Morgan fingerprint density at radius 1 is 1.39 bits per heavy atom. The lowest BCUT2D eigenvalue weighted by atomic mass is 10.1. The van der Waals surface area contributed by atoms with Crippen LogP contribution in [-0.2, 0) is 9.53 Å². The second-order valence-corrected chi connectivity index (χ2v) is 8.45. The largest absolute Gasteiger partial charge is 0.478 e. The number of amides is 1. The number of likely N-dealkylation sites (N-methyl/N-ethyl adjacent to an activating group) is 1. The van der Waals surface area contributed by atoms with Gasteiger partial charge in [-0.15, -0.1) is 0 Å². The lowest BCUT2D eigenvalue weighted by molar-refractivity contribution is -0.132. The average Bonchev–Trinajstić information content (AvgIpc) is 3.23. The van der Waals surface area contributed by atoms with Gasteiger partial charge in [-0.25, -0.2) is 9.78 Å². The molecule has 0 saturated heterocycles. The Hall–Kier alpha value is -3.08.